The Morgan fingerprint density at radius 2 is 2.12 bits per heavy atom. The van der Waals surface area contributed by atoms with Crippen LogP contribution in [0.3, 0.4) is 0 Å². The maximum Gasteiger partial charge on any atom is 0.150 e. The van der Waals surface area contributed by atoms with Crippen molar-refractivity contribution in [2.24, 2.45) is 0 Å². The van der Waals surface area contributed by atoms with Crippen molar-refractivity contribution in [1.29, 1.82) is 0 Å². The van der Waals surface area contributed by atoms with Crippen LogP contribution in [0.4, 0.5) is 5.82 Å². The van der Waals surface area contributed by atoms with Crippen LogP contribution in [-0.4, -0.2) is 31.3 Å². The second kappa shape index (κ2) is 5.61. The number of ether oxygens (including phenoxy) is 1. The fourth-order valence-corrected chi connectivity index (χ4v) is 2.59. The van der Waals surface area contributed by atoms with Gasteiger partial charge in [-0.05, 0) is 18.9 Å². The van der Waals surface area contributed by atoms with E-state index in [1.807, 2.05) is 0 Å². The van der Waals surface area contributed by atoms with Gasteiger partial charge in [0.15, 0.2) is 0 Å². The summed E-state index contributed by atoms with van der Waals surface area (Å²) < 4.78 is 5.37. The maximum atomic E-state index is 6.14. The predicted molar refractivity (Wildman–Crippen MR) is 71.5 cm³/mol. The number of hydrogen-bond donors (Lipinski definition) is 0. The Bertz CT molecular complexity index is 414. The maximum absolute atomic E-state index is 6.14. The quantitative estimate of drug-likeness (QED) is 0.779. The molecule has 0 aromatic carbocycles. The molecule has 0 radical (unpaired) electrons. The minimum Gasteiger partial charge on any atom is -0.380 e. The zero-order valence-corrected chi connectivity index (χ0v) is 11.7. The number of aromatic nitrogens is 1. The standard InChI is InChI=1S/C11H13Cl3N2O/c1-17-7-3-2-4-16(6-7)11-9(13)5-8(12)10(14)15-11/h5,7H,2-4,6H2,1H3. The third kappa shape index (κ3) is 2.97. The van der Waals surface area contributed by atoms with Crippen molar-refractivity contribution in [3.8, 4) is 0 Å². The first-order valence-corrected chi connectivity index (χ1v) is 6.54. The van der Waals surface area contributed by atoms with E-state index in [2.05, 4.69) is 9.88 Å². The summed E-state index contributed by atoms with van der Waals surface area (Å²) in [6, 6.07) is 1.63. The summed E-state index contributed by atoms with van der Waals surface area (Å²) in [4.78, 5) is 6.32. The third-order valence-corrected chi connectivity index (χ3v) is 3.83. The Hall–Kier alpha value is -0.220. The van der Waals surface area contributed by atoms with E-state index in [1.165, 1.54) is 0 Å². The molecule has 1 aromatic rings. The number of piperidine rings is 1. The van der Waals surface area contributed by atoms with Gasteiger partial charge < -0.3 is 9.64 Å². The van der Waals surface area contributed by atoms with Crippen molar-refractivity contribution in [3.05, 3.63) is 21.3 Å². The van der Waals surface area contributed by atoms with Crippen LogP contribution in [0.5, 0.6) is 0 Å². The van der Waals surface area contributed by atoms with Gasteiger partial charge in [-0.2, -0.15) is 0 Å². The van der Waals surface area contributed by atoms with Crippen LogP contribution in [0, 0.1) is 0 Å². The van der Waals surface area contributed by atoms with Crippen LogP contribution in [0.25, 0.3) is 0 Å². The second-order valence-electron chi connectivity index (χ2n) is 4.01. The smallest absolute Gasteiger partial charge is 0.150 e. The summed E-state index contributed by atoms with van der Waals surface area (Å²) in [5.74, 6) is 0.683. The first-order chi connectivity index (χ1) is 8.11. The van der Waals surface area contributed by atoms with Gasteiger partial charge in [-0.1, -0.05) is 34.8 Å². The molecular formula is C11H13Cl3N2O. The largest absolute Gasteiger partial charge is 0.380 e. The summed E-state index contributed by atoms with van der Waals surface area (Å²) in [6.45, 7) is 1.69. The first-order valence-electron chi connectivity index (χ1n) is 5.41. The van der Waals surface area contributed by atoms with Gasteiger partial charge in [0.25, 0.3) is 0 Å². The molecule has 1 unspecified atom stereocenters. The summed E-state index contributed by atoms with van der Waals surface area (Å²) in [5.41, 5.74) is 0. The zero-order valence-electron chi connectivity index (χ0n) is 9.42. The SMILES string of the molecule is COC1CCCN(c2nc(Cl)c(Cl)cc2Cl)C1. The highest BCUT2D eigenvalue weighted by molar-refractivity contribution is 6.42. The lowest BCUT2D eigenvalue weighted by atomic mass is 10.1. The molecule has 1 fully saturated rings. The van der Waals surface area contributed by atoms with Crippen molar-refractivity contribution in [3.63, 3.8) is 0 Å². The summed E-state index contributed by atoms with van der Waals surface area (Å²) in [7, 11) is 1.72. The number of pyridine rings is 1. The Balaban J connectivity index is 2.24. The lowest BCUT2D eigenvalue weighted by Crippen LogP contribution is -2.39. The fraction of sp³-hybridized carbons (Fsp3) is 0.545. The molecule has 1 aromatic heterocycles. The number of methoxy groups -OCH3 is 1. The van der Waals surface area contributed by atoms with Crippen LogP contribution >= 0.6 is 34.8 Å². The van der Waals surface area contributed by atoms with Gasteiger partial charge in [-0.25, -0.2) is 4.98 Å². The first kappa shape index (κ1) is 13.2. The Morgan fingerprint density at radius 1 is 1.35 bits per heavy atom. The van der Waals surface area contributed by atoms with Crippen LogP contribution in [0.15, 0.2) is 6.07 Å². The second-order valence-corrected chi connectivity index (χ2v) is 5.18. The normalized spacial score (nSPS) is 20.7. The van der Waals surface area contributed by atoms with Crippen LogP contribution in [-0.2, 0) is 4.74 Å². The van der Waals surface area contributed by atoms with Gasteiger partial charge in [0.2, 0.25) is 0 Å². The lowest BCUT2D eigenvalue weighted by Gasteiger charge is -2.33. The van der Waals surface area contributed by atoms with E-state index in [-0.39, 0.29) is 11.3 Å². The van der Waals surface area contributed by atoms with Crippen molar-refractivity contribution in [2.45, 2.75) is 18.9 Å². The minimum absolute atomic E-state index is 0.219. The highest BCUT2D eigenvalue weighted by Crippen LogP contribution is 2.32. The summed E-state index contributed by atoms with van der Waals surface area (Å²) >= 11 is 17.9. The van der Waals surface area contributed by atoms with Crippen molar-refractivity contribution in [2.75, 3.05) is 25.1 Å². The van der Waals surface area contributed by atoms with Gasteiger partial charge in [-0.15, -0.1) is 0 Å². The lowest BCUT2D eigenvalue weighted by molar-refractivity contribution is 0.0891. The van der Waals surface area contributed by atoms with Crippen molar-refractivity contribution < 1.29 is 4.74 Å². The van der Waals surface area contributed by atoms with Crippen LogP contribution in [0.2, 0.25) is 15.2 Å². The Morgan fingerprint density at radius 3 is 2.82 bits per heavy atom. The average molecular weight is 296 g/mol. The van der Waals surface area contributed by atoms with E-state index >= 15 is 0 Å². The van der Waals surface area contributed by atoms with E-state index in [9.17, 15) is 0 Å². The molecule has 0 spiro atoms. The van der Waals surface area contributed by atoms with Gasteiger partial charge in [-0.3, -0.25) is 0 Å². The molecule has 0 N–H and O–H groups in total. The van der Waals surface area contributed by atoms with Gasteiger partial charge >= 0.3 is 0 Å². The van der Waals surface area contributed by atoms with E-state index < -0.39 is 0 Å². The third-order valence-electron chi connectivity index (χ3n) is 2.88. The zero-order chi connectivity index (χ0) is 12.4. The number of anilines is 1. The molecule has 0 bridgehead atoms. The molecule has 6 heteroatoms. The molecule has 17 heavy (non-hydrogen) atoms. The average Bonchev–Trinajstić information content (AvgIpc) is 2.34. The number of halogens is 3. The summed E-state index contributed by atoms with van der Waals surface area (Å²) in [5, 5.41) is 1.18. The molecule has 0 amide bonds. The van der Waals surface area contributed by atoms with Gasteiger partial charge in [0.05, 0.1) is 16.1 Å². The van der Waals surface area contributed by atoms with Crippen molar-refractivity contribution >= 4 is 40.6 Å². The van der Waals surface area contributed by atoms with E-state index in [4.69, 9.17) is 39.5 Å². The van der Waals surface area contributed by atoms with Crippen LogP contribution in [0.1, 0.15) is 12.8 Å². The highest BCUT2D eigenvalue weighted by atomic mass is 35.5. The molecule has 1 atom stereocenters. The molecular weight excluding hydrogens is 282 g/mol. The fourth-order valence-electron chi connectivity index (χ4n) is 1.98. The monoisotopic (exact) mass is 294 g/mol. The number of hydrogen-bond acceptors (Lipinski definition) is 3. The molecule has 1 aliphatic rings. The Kier molecular flexibility index (Phi) is 4.36. The van der Waals surface area contributed by atoms with Gasteiger partial charge in [0.1, 0.15) is 11.0 Å². The molecule has 94 valence electrons. The molecule has 1 aliphatic heterocycles. The predicted octanol–water partition coefficient (Wildman–Crippen LogP) is 3.66. The number of rotatable bonds is 2. The van der Waals surface area contributed by atoms with Crippen molar-refractivity contribution in [1.82, 2.24) is 4.98 Å². The van der Waals surface area contributed by atoms with E-state index in [0.29, 0.717) is 15.9 Å². The van der Waals surface area contributed by atoms with E-state index in [0.717, 1.165) is 25.9 Å². The molecule has 0 aliphatic carbocycles. The highest BCUT2D eigenvalue weighted by Gasteiger charge is 2.23. The molecule has 3 nitrogen and oxygen atoms in total. The van der Waals surface area contributed by atoms with E-state index in [1.54, 1.807) is 13.2 Å². The molecule has 1 saturated heterocycles. The molecule has 2 heterocycles. The molecule has 0 saturated carbocycles. The van der Waals surface area contributed by atoms with Crippen LogP contribution < -0.4 is 4.90 Å². The molecule has 2 rings (SSSR count). The topological polar surface area (TPSA) is 25.4 Å². The van der Waals surface area contributed by atoms with Gasteiger partial charge in [0, 0.05) is 20.2 Å². The number of nitrogens with zero attached hydrogens (tertiary/aromatic N) is 2. The Labute approximate surface area is 116 Å². The summed E-state index contributed by atoms with van der Waals surface area (Å²) in [6.07, 6.45) is 2.33. The minimum atomic E-state index is 0.219.